The second-order valence-electron chi connectivity index (χ2n) is 10.3. The molecule has 7 aromatic carbocycles. The molecule has 0 aliphatic rings. The molecule has 0 saturated heterocycles. The van der Waals surface area contributed by atoms with E-state index in [1.165, 1.54) is 32.3 Å². The van der Waals surface area contributed by atoms with Gasteiger partial charge >= 0.3 is 31.1 Å². The molecular weight excluding hydrogens is 748 g/mol. The Kier molecular flexibility index (Phi) is 7.33. The number of benzene rings is 7. The first-order valence-electron chi connectivity index (χ1n) is 14.0. The van der Waals surface area contributed by atoms with Gasteiger partial charge in [0, 0.05) is 11.1 Å². The number of rotatable bonds is 4. The van der Waals surface area contributed by atoms with Gasteiger partial charge in [-0.25, -0.2) is 20.5 Å². The van der Waals surface area contributed by atoms with Gasteiger partial charge in [-0.3, -0.25) is 0 Å². The van der Waals surface area contributed by atoms with Gasteiger partial charge in [-0.1, -0.05) is 96.6 Å². The van der Waals surface area contributed by atoms with Crippen molar-refractivity contribution in [3.8, 4) is 45.3 Å². The predicted octanol–water partition coefficient (Wildman–Crippen LogP) is 9.60. The molecule has 0 spiro atoms. The smallest absolute Gasteiger partial charge is 0.249 e. The summed E-state index contributed by atoms with van der Waals surface area (Å²) >= 11 is 0. The van der Waals surface area contributed by atoms with Crippen LogP contribution in [0.25, 0.3) is 77.6 Å². The number of hydrogen-bond acceptors (Lipinski definition) is 3. The molecule has 0 aliphatic carbocycles. The maximum absolute atomic E-state index is 5.02. The first-order chi connectivity index (χ1) is 20.8. The van der Waals surface area contributed by atoms with Gasteiger partial charge in [0.2, 0.25) is 0 Å². The van der Waals surface area contributed by atoms with Gasteiger partial charge in [0.05, 0.1) is 5.82 Å². The molecule has 0 unspecified atom stereocenters. The number of hydrogen-bond donors (Lipinski definition) is 0. The Bertz CT molecular complexity index is 2210. The monoisotopic (exact) mass is 771 g/mol. The summed E-state index contributed by atoms with van der Waals surface area (Å²) in [5.74, 6) is 1.84. The van der Waals surface area contributed by atoms with E-state index in [-0.39, 0.29) is 31.1 Å². The van der Waals surface area contributed by atoms with Crippen molar-refractivity contribution in [1.82, 2.24) is 15.0 Å². The van der Waals surface area contributed by atoms with E-state index in [1.54, 1.807) is 0 Å². The predicted molar refractivity (Wildman–Crippen MR) is 172 cm³/mol. The Morgan fingerprint density at radius 2 is 0.907 bits per heavy atom. The van der Waals surface area contributed by atoms with E-state index in [0.29, 0.717) is 17.5 Å². The molecule has 8 aromatic rings. The van der Waals surface area contributed by atoms with E-state index in [1.807, 2.05) is 72.8 Å². The Labute approximate surface area is 273 Å². The minimum Gasteiger partial charge on any atom is -0.249 e. The third kappa shape index (κ3) is 5.04. The van der Waals surface area contributed by atoms with Crippen LogP contribution in [-0.2, 0) is 0 Å². The van der Waals surface area contributed by atoms with Crippen LogP contribution in [0, 0.1) is 43.2 Å². The van der Waals surface area contributed by atoms with E-state index < -0.39 is 0 Å². The zero-order chi connectivity index (χ0) is 27.9. The molecule has 4 heteroatoms. The maximum Gasteiger partial charge on any atom is 2.00 e. The van der Waals surface area contributed by atoms with E-state index >= 15 is 0 Å². The standard InChI is InChI=1S/C39H23N3.U/c1-3-12-26(13-4-1)28-16-11-17-29(24-28)38-40-37(27-14-5-2-6-15-27)41-39(42-38)30-22-23-35-33-20-8-7-18-31(33)32-19-9-10-21-34(32)36(35)25-30;/h1-12,14-23,25H;/q-2;+2. The Balaban J connectivity index is 0.00000300. The minimum atomic E-state index is 0. The summed E-state index contributed by atoms with van der Waals surface area (Å²) in [5.41, 5.74) is 4.61. The molecule has 0 atom stereocenters. The summed E-state index contributed by atoms with van der Waals surface area (Å²) in [4.78, 5) is 14.9. The summed E-state index contributed by atoms with van der Waals surface area (Å²) in [6.07, 6.45) is 0. The van der Waals surface area contributed by atoms with E-state index in [2.05, 4.69) is 78.9 Å². The summed E-state index contributed by atoms with van der Waals surface area (Å²) in [5, 5.41) is 7.34. The van der Waals surface area contributed by atoms with Crippen molar-refractivity contribution in [2.24, 2.45) is 0 Å². The van der Waals surface area contributed by atoms with E-state index in [0.717, 1.165) is 27.8 Å². The van der Waals surface area contributed by atoms with Gasteiger partial charge in [-0.2, -0.15) is 42.0 Å². The van der Waals surface area contributed by atoms with Crippen molar-refractivity contribution in [2.75, 3.05) is 0 Å². The van der Waals surface area contributed by atoms with Crippen LogP contribution in [0.4, 0.5) is 0 Å². The molecule has 8 rings (SSSR count). The van der Waals surface area contributed by atoms with Crippen LogP contribution in [0.5, 0.6) is 0 Å². The molecule has 0 saturated carbocycles. The summed E-state index contributed by atoms with van der Waals surface area (Å²) < 4.78 is 0. The van der Waals surface area contributed by atoms with Gasteiger partial charge in [0.15, 0.2) is 11.6 Å². The minimum absolute atomic E-state index is 0. The molecule has 198 valence electrons. The van der Waals surface area contributed by atoms with Crippen molar-refractivity contribution in [1.29, 1.82) is 0 Å². The van der Waals surface area contributed by atoms with Crippen molar-refractivity contribution >= 4 is 32.3 Å². The van der Waals surface area contributed by atoms with Gasteiger partial charge in [0.1, 0.15) is 0 Å². The molecule has 43 heavy (non-hydrogen) atoms. The summed E-state index contributed by atoms with van der Waals surface area (Å²) in [6.45, 7) is 0. The Hall–Kier alpha value is -4.62. The van der Waals surface area contributed by atoms with Gasteiger partial charge < -0.3 is 0 Å². The van der Waals surface area contributed by atoms with Crippen molar-refractivity contribution < 1.29 is 31.1 Å². The quantitative estimate of drug-likeness (QED) is 0.132. The second kappa shape index (κ2) is 11.6. The molecule has 0 radical (unpaired) electrons. The number of nitrogens with zero attached hydrogens (tertiary/aromatic N) is 3. The molecule has 3 nitrogen and oxygen atoms in total. The van der Waals surface area contributed by atoms with Gasteiger partial charge in [-0.05, 0) is 38.4 Å². The molecule has 0 bridgehead atoms. The second-order valence-corrected chi connectivity index (χ2v) is 10.3. The SMILES string of the molecule is [U+2].[c-]1ccccc1-c1[c-]c(-c2nc(-c3ccccc3)nc(-c3ccc4c5ccccc5c5ccccc5c4c3)n2)ccc1. The average molecular weight is 772 g/mol. The molecule has 1 heterocycles. The van der Waals surface area contributed by atoms with Crippen LogP contribution in [0.15, 0.2) is 140 Å². The van der Waals surface area contributed by atoms with Crippen LogP contribution in [0.1, 0.15) is 0 Å². The molecule has 0 fully saturated rings. The van der Waals surface area contributed by atoms with E-state index in [4.69, 9.17) is 15.0 Å². The molecule has 0 amide bonds. The number of aromatic nitrogens is 3. The largest absolute Gasteiger partial charge is 2.00 e. The zero-order valence-electron chi connectivity index (χ0n) is 23.1. The Morgan fingerprint density at radius 3 is 1.58 bits per heavy atom. The van der Waals surface area contributed by atoms with Gasteiger partial charge in [-0.15, -0.1) is 18.2 Å². The van der Waals surface area contributed by atoms with Crippen molar-refractivity contribution in [3.05, 3.63) is 152 Å². The normalized spacial score (nSPS) is 11.1. The van der Waals surface area contributed by atoms with Crippen LogP contribution in [-0.4, -0.2) is 15.0 Å². The third-order valence-electron chi connectivity index (χ3n) is 7.71. The van der Waals surface area contributed by atoms with Crippen molar-refractivity contribution in [2.45, 2.75) is 0 Å². The van der Waals surface area contributed by atoms with Crippen LogP contribution in [0.3, 0.4) is 0 Å². The van der Waals surface area contributed by atoms with Crippen LogP contribution >= 0.6 is 0 Å². The fourth-order valence-corrected chi connectivity index (χ4v) is 5.71. The molecule has 0 N–H and O–H groups in total. The third-order valence-corrected chi connectivity index (χ3v) is 7.71. The van der Waals surface area contributed by atoms with E-state index in [9.17, 15) is 0 Å². The van der Waals surface area contributed by atoms with Gasteiger partial charge in [0.25, 0.3) is 0 Å². The molecule has 1 aromatic heterocycles. The summed E-state index contributed by atoms with van der Waals surface area (Å²) in [7, 11) is 0. The van der Waals surface area contributed by atoms with Crippen LogP contribution < -0.4 is 0 Å². The maximum atomic E-state index is 5.02. The molecule has 0 aliphatic heterocycles. The number of fused-ring (bicyclic) bond motifs is 6. The first kappa shape index (κ1) is 27.2. The van der Waals surface area contributed by atoms with Crippen LogP contribution in [0.2, 0.25) is 0 Å². The molecular formula is C39H23N3U. The topological polar surface area (TPSA) is 38.7 Å². The van der Waals surface area contributed by atoms with Crippen molar-refractivity contribution in [3.63, 3.8) is 0 Å². The summed E-state index contributed by atoms with van der Waals surface area (Å²) in [6, 6.07) is 54.6. The first-order valence-corrected chi connectivity index (χ1v) is 14.0. The average Bonchev–Trinajstić information content (AvgIpc) is 3.09. The Morgan fingerprint density at radius 1 is 0.372 bits per heavy atom. The zero-order valence-corrected chi connectivity index (χ0v) is 27.3. The fourth-order valence-electron chi connectivity index (χ4n) is 5.71. The fraction of sp³-hybridized carbons (Fsp3) is 0.